The van der Waals surface area contributed by atoms with Crippen molar-refractivity contribution in [1.82, 2.24) is 9.96 Å². The SMILES string of the molecule is CON(Cc1ccc(F)c(F)c1)C(=O)C1CN(C)C(=O)C1=O. The quantitative estimate of drug-likeness (QED) is 0.462. The monoisotopic (exact) mass is 312 g/mol. The van der Waals surface area contributed by atoms with E-state index in [-0.39, 0.29) is 13.1 Å². The summed E-state index contributed by atoms with van der Waals surface area (Å²) in [7, 11) is 2.63. The van der Waals surface area contributed by atoms with Crippen molar-refractivity contribution in [2.75, 3.05) is 20.7 Å². The molecule has 118 valence electrons. The van der Waals surface area contributed by atoms with Gasteiger partial charge in [0.2, 0.25) is 5.78 Å². The molecule has 1 unspecified atom stereocenters. The van der Waals surface area contributed by atoms with E-state index in [1.54, 1.807) is 0 Å². The first-order valence-corrected chi connectivity index (χ1v) is 6.44. The van der Waals surface area contributed by atoms with E-state index in [0.717, 1.165) is 22.1 Å². The van der Waals surface area contributed by atoms with Gasteiger partial charge in [0.05, 0.1) is 13.7 Å². The molecule has 1 aliphatic heterocycles. The van der Waals surface area contributed by atoms with Crippen LogP contribution in [0.4, 0.5) is 8.78 Å². The number of hydrogen-bond acceptors (Lipinski definition) is 4. The van der Waals surface area contributed by atoms with Gasteiger partial charge in [0, 0.05) is 13.6 Å². The summed E-state index contributed by atoms with van der Waals surface area (Å²) < 4.78 is 26.1. The third kappa shape index (κ3) is 2.96. The Morgan fingerprint density at radius 1 is 1.36 bits per heavy atom. The number of carbonyl (C=O) groups is 3. The standard InChI is InChI=1S/C14H14F2N2O4/c1-17-7-9(12(19)14(17)21)13(20)18(22-2)6-8-3-4-10(15)11(16)5-8/h3-5,9H,6-7H2,1-2H3. The number of Topliss-reactive ketones (excluding diaryl/α,β-unsaturated/α-hetero) is 1. The van der Waals surface area contributed by atoms with Gasteiger partial charge < -0.3 is 4.90 Å². The molecule has 2 rings (SSSR count). The fourth-order valence-corrected chi connectivity index (χ4v) is 2.18. The zero-order valence-electron chi connectivity index (χ0n) is 12.0. The summed E-state index contributed by atoms with van der Waals surface area (Å²) in [6, 6.07) is 3.16. The van der Waals surface area contributed by atoms with Crippen molar-refractivity contribution in [2.24, 2.45) is 5.92 Å². The van der Waals surface area contributed by atoms with Gasteiger partial charge in [0.1, 0.15) is 5.92 Å². The first kappa shape index (κ1) is 16.0. The Bertz CT molecular complexity index is 635. The second-order valence-electron chi connectivity index (χ2n) is 4.91. The highest BCUT2D eigenvalue weighted by molar-refractivity contribution is 6.42. The Kier molecular flexibility index (Phi) is 4.51. The normalized spacial score (nSPS) is 18.0. The van der Waals surface area contributed by atoms with E-state index in [1.165, 1.54) is 20.2 Å². The van der Waals surface area contributed by atoms with Crippen molar-refractivity contribution < 1.29 is 28.0 Å². The molecule has 1 heterocycles. The van der Waals surface area contributed by atoms with Gasteiger partial charge in [-0.15, -0.1) is 0 Å². The van der Waals surface area contributed by atoms with E-state index in [4.69, 9.17) is 4.84 Å². The van der Waals surface area contributed by atoms with Crippen LogP contribution in [0.3, 0.4) is 0 Å². The summed E-state index contributed by atoms with van der Waals surface area (Å²) in [5.74, 6) is -5.44. The second kappa shape index (κ2) is 6.18. The molecule has 8 heteroatoms. The molecule has 2 amide bonds. The van der Waals surface area contributed by atoms with Crippen molar-refractivity contribution in [2.45, 2.75) is 6.54 Å². The van der Waals surface area contributed by atoms with Gasteiger partial charge in [-0.1, -0.05) is 6.07 Å². The smallest absolute Gasteiger partial charge is 0.290 e. The van der Waals surface area contributed by atoms with Crippen LogP contribution in [0.25, 0.3) is 0 Å². The van der Waals surface area contributed by atoms with Gasteiger partial charge >= 0.3 is 0 Å². The average Bonchev–Trinajstić information content (AvgIpc) is 2.75. The van der Waals surface area contributed by atoms with Crippen LogP contribution >= 0.6 is 0 Å². The predicted molar refractivity (Wildman–Crippen MR) is 70.1 cm³/mol. The number of benzene rings is 1. The molecule has 22 heavy (non-hydrogen) atoms. The molecule has 0 aromatic heterocycles. The number of likely N-dealkylation sites (N-methyl/N-ethyl adjacent to an activating group) is 1. The summed E-state index contributed by atoms with van der Waals surface area (Å²) in [5.41, 5.74) is 0.291. The molecule has 1 aliphatic rings. The lowest BCUT2D eigenvalue weighted by Crippen LogP contribution is -2.38. The van der Waals surface area contributed by atoms with Gasteiger partial charge in [-0.25, -0.2) is 13.8 Å². The Hall–Kier alpha value is -2.35. The highest BCUT2D eigenvalue weighted by atomic mass is 19.2. The minimum absolute atomic E-state index is 0.0336. The minimum atomic E-state index is -1.15. The van der Waals surface area contributed by atoms with Crippen molar-refractivity contribution in [1.29, 1.82) is 0 Å². The van der Waals surface area contributed by atoms with E-state index in [0.29, 0.717) is 5.56 Å². The van der Waals surface area contributed by atoms with Crippen molar-refractivity contribution >= 4 is 17.6 Å². The fraction of sp³-hybridized carbons (Fsp3) is 0.357. The van der Waals surface area contributed by atoms with Crippen LogP contribution in [0.2, 0.25) is 0 Å². The Balaban J connectivity index is 2.14. The van der Waals surface area contributed by atoms with Crippen molar-refractivity contribution in [3.05, 3.63) is 35.4 Å². The van der Waals surface area contributed by atoms with E-state index < -0.39 is 35.1 Å². The van der Waals surface area contributed by atoms with Crippen LogP contribution < -0.4 is 0 Å². The summed E-state index contributed by atoms with van der Waals surface area (Å²) in [6.45, 7) is -0.206. The van der Waals surface area contributed by atoms with Gasteiger partial charge in [-0.2, -0.15) is 0 Å². The van der Waals surface area contributed by atoms with E-state index >= 15 is 0 Å². The summed E-state index contributed by atoms with van der Waals surface area (Å²) in [4.78, 5) is 41.5. The summed E-state index contributed by atoms with van der Waals surface area (Å²) >= 11 is 0. The number of ketones is 1. The maximum Gasteiger partial charge on any atom is 0.290 e. The maximum absolute atomic E-state index is 13.2. The number of amides is 2. The lowest BCUT2D eigenvalue weighted by molar-refractivity contribution is -0.183. The molecule has 1 saturated heterocycles. The van der Waals surface area contributed by atoms with Crippen LogP contribution in [-0.2, 0) is 25.8 Å². The number of carbonyl (C=O) groups excluding carboxylic acids is 3. The summed E-state index contributed by atoms with van der Waals surface area (Å²) in [6.07, 6.45) is 0. The lowest BCUT2D eigenvalue weighted by atomic mass is 10.1. The van der Waals surface area contributed by atoms with E-state index in [1.807, 2.05) is 0 Å². The third-order valence-electron chi connectivity index (χ3n) is 3.40. The Morgan fingerprint density at radius 2 is 2.05 bits per heavy atom. The van der Waals surface area contributed by atoms with Crippen LogP contribution in [0.15, 0.2) is 18.2 Å². The van der Waals surface area contributed by atoms with E-state index in [9.17, 15) is 23.2 Å². The molecule has 1 fully saturated rings. The molecule has 6 nitrogen and oxygen atoms in total. The molecule has 1 atom stereocenters. The predicted octanol–water partition coefficient (Wildman–Crippen LogP) is 0.512. The topological polar surface area (TPSA) is 66.9 Å². The Labute approximate surface area is 125 Å². The van der Waals surface area contributed by atoms with Crippen molar-refractivity contribution in [3.8, 4) is 0 Å². The number of nitrogens with zero attached hydrogens (tertiary/aromatic N) is 2. The zero-order chi connectivity index (χ0) is 16.4. The third-order valence-corrected chi connectivity index (χ3v) is 3.40. The highest BCUT2D eigenvalue weighted by Gasteiger charge is 2.43. The van der Waals surface area contributed by atoms with Crippen LogP contribution in [-0.4, -0.2) is 48.3 Å². The maximum atomic E-state index is 13.2. The first-order chi connectivity index (χ1) is 10.3. The Morgan fingerprint density at radius 3 is 2.55 bits per heavy atom. The minimum Gasteiger partial charge on any atom is -0.338 e. The average molecular weight is 312 g/mol. The highest BCUT2D eigenvalue weighted by Crippen LogP contribution is 2.18. The molecule has 0 saturated carbocycles. The fourth-order valence-electron chi connectivity index (χ4n) is 2.18. The summed E-state index contributed by atoms with van der Waals surface area (Å²) in [5, 5.41) is 0.849. The molecule has 0 N–H and O–H groups in total. The molecular weight excluding hydrogens is 298 g/mol. The zero-order valence-corrected chi connectivity index (χ0v) is 12.0. The molecular formula is C14H14F2N2O4. The van der Waals surface area contributed by atoms with Crippen LogP contribution in [0, 0.1) is 17.6 Å². The van der Waals surface area contributed by atoms with E-state index in [2.05, 4.69) is 0 Å². The molecule has 0 bridgehead atoms. The van der Waals surface area contributed by atoms with Gasteiger partial charge in [0.15, 0.2) is 11.6 Å². The van der Waals surface area contributed by atoms with Crippen LogP contribution in [0.5, 0.6) is 0 Å². The lowest BCUT2D eigenvalue weighted by Gasteiger charge is -2.22. The second-order valence-corrected chi connectivity index (χ2v) is 4.91. The van der Waals surface area contributed by atoms with Gasteiger partial charge in [-0.3, -0.25) is 19.2 Å². The number of halogens is 2. The number of hydrogen-bond donors (Lipinski definition) is 0. The van der Waals surface area contributed by atoms with Crippen molar-refractivity contribution in [3.63, 3.8) is 0 Å². The molecule has 0 radical (unpaired) electrons. The number of likely N-dealkylation sites (tertiary alicyclic amines) is 1. The first-order valence-electron chi connectivity index (χ1n) is 6.44. The number of hydroxylamine groups is 2. The van der Waals surface area contributed by atoms with Gasteiger partial charge in [-0.05, 0) is 17.7 Å². The van der Waals surface area contributed by atoms with Gasteiger partial charge in [0.25, 0.3) is 11.8 Å². The van der Waals surface area contributed by atoms with Crippen LogP contribution in [0.1, 0.15) is 5.56 Å². The molecule has 0 aliphatic carbocycles. The molecule has 1 aromatic rings. The molecule has 0 spiro atoms. The number of rotatable bonds is 4. The largest absolute Gasteiger partial charge is 0.338 e. The molecule has 1 aromatic carbocycles.